The molecule has 5 nitrogen and oxygen atoms in total. The van der Waals surface area contributed by atoms with Crippen LogP contribution in [-0.4, -0.2) is 45.7 Å². The SMILES string of the molecule is CC1(C)OB(c2ccc(S(=O)(=O)CC3CCOCC3)cc2F)OC1(C)C. The van der Waals surface area contributed by atoms with Crippen LogP contribution in [0.5, 0.6) is 0 Å². The summed E-state index contributed by atoms with van der Waals surface area (Å²) in [6.07, 6.45) is 1.43. The van der Waals surface area contributed by atoms with Crippen LogP contribution < -0.4 is 5.46 Å². The van der Waals surface area contributed by atoms with Crippen LogP contribution in [0, 0.1) is 11.7 Å². The van der Waals surface area contributed by atoms with Crippen molar-refractivity contribution in [3.63, 3.8) is 0 Å². The molecule has 1 aromatic carbocycles. The topological polar surface area (TPSA) is 61.8 Å². The number of rotatable bonds is 4. The molecule has 0 spiro atoms. The fourth-order valence-corrected chi connectivity index (χ4v) is 4.89. The molecule has 0 radical (unpaired) electrons. The first-order valence-electron chi connectivity index (χ1n) is 8.97. The monoisotopic (exact) mass is 384 g/mol. The average Bonchev–Trinajstić information content (AvgIpc) is 2.75. The number of benzene rings is 1. The first-order valence-corrected chi connectivity index (χ1v) is 10.6. The maximum atomic E-state index is 14.7. The van der Waals surface area contributed by atoms with E-state index in [1.54, 1.807) is 0 Å². The van der Waals surface area contributed by atoms with Crippen molar-refractivity contribution in [1.29, 1.82) is 0 Å². The van der Waals surface area contributed by atoms with E-state index >= 15 is 0 Å². The fraction of sp³-hybridized carbons (Fsp3) is 0.667. The Kier molecular flexibility index (Phi) is 5.25. The molecule has 1 aromatic rings. The van der Waals surface area contributed by atoms with Gasteiger partial charge in [0, 0.05) is 18.7 Å². The summed E-state index contributed by atoms with van der Waals surface area (Å²) < 4.78 is 56.9. The fourth-order valence-electron chi connectivity index (χ4n) is 3.18. The summed E-state index contributed by atoms with van der Waals surface area (Å²) in [5.74, 6) is -0.554. The van der Waals surface area contributed by atoms with Crippen LogP contribution in [0.25, 0.3) is 0 Å². The highest BCUT2D eigenvalue weighted by Crippen LogP contribution is 2.36. The van der Waals surface area contributed by atoms with Gasteiger partial charge in [0.15, 0.2) is 9.84 Å². The van der Waals surface area contributed by atoms with Crippen LogP contribution in [0.1, 0.15) is 40.5 Å². The standard InChI is InChI=1S/C18H26BFO5S/c1-17(2)18(3,4)25-19(24-17)15-6-5-14(11-16(15)20)26(21,22)12-13-7-9-23-10-8-13/h5-6,11,13H,7-10,12H2,1-4H3. The molecule has 144 valence electrons. The summed E-state index contributed by atoms with van der Waals surface area (Å²) in [5, 5.41) is 0. The predicted octanol–water partition coefficient (Wildman–Crippen LogP) is 2.33. The zero-order chi connectivity index (χ0) is 19.2. The van der Waals surface area contributed by atoms with Crippen molar-refractivity contribution in [3.05, 3.63) is 24.0 Å². The molecule has 0 saturated carbocycles. The Labute approximate surface area is 155 Å². The molecule has 0 aromatic heterocycles. The second-order valence-corrected chi connectivity index (χ2v) is 10.1. The Morgan fingerprint density at radius 3 is 2.23 bits per heavy atom. The third-order valence-electron chi connectivity index (χ3n) is 5.63. The van der Waals surface area contributed by atoms with E-state index < -0.39 is 34.0 Å². The van der Waals surface area contributed by atoms with Crippen molar-refractivity contribution < 1.29 is 26.9 Å². The number of ether oxygens (including phenoxy) is 1. The second-order valence-electron chi connectivity index (χ2n) is 8.11. The lowest BCUT2D eigenvalue weighted by Gasteiger charge is -2.32. The maximum Gasteiger partial charge on any atom is 0.497 e. The molecule has 0 bridgehead atoms. The zero-order valence-electron chi connectivity index (χ0n) is 15.7. The van der Waals surface area contributed by atoms with Crippen molar-refractivity contribution in [2.75, 3.05) is 19.0 Å². The van der Waals surface area contributed by atoms with Crippen molar-refractivity contribution in [1.82, 2.24) is 0 Å². The molecule has 2 aliphatic heterocycles. The van der Waals surface area contributed by atoms with Gasteiger partial charge < -0.3 is 14.0 Å². The smallest absolute Gasteiger partial charge is 0.399 e. The van der Waals surface area contributed by atoms with Gasteiger partial charge in [-0.05, 0) is 58.6 Å². The highest BCUT2D eigenvalue weighted by molar-refractivity contribution is 7.91. The van der Waals surface area contributed by atoms with Gasteiger partial charge in [-0.1, -0.05) is 6.07 Å². The normalized spacial score (nSPS) is 23.3. The Balaban J connectivity index is 1.79. The molecule has 0 aliphatic carbocycles. The largest absolute Gasteiger partial charge is 0.497 e. The van der Waals surface area contributed by atoms with Gasteiger partial charge in [0.1, 0.15) is 5.82 Å². The van der Waals surface area contributed by atoms with Gasteiger partial charge in [0.2, 0.25) is 0 Å². The van der Waals surface area contributed by atoms with Crippen LogP contribution in [0.3, 0.4) is 0 Å². The van der Waals surface area contributed by atoms with E-state index in [-0.39, 0.29) is 22.0 Å². The third-order valence-corrected chi connectivity index (χ3v) is 7.52. The molecule has 2 fully saturated rings. The van der Waals surface area contributed by atoms with Gasteiger partial charge >= 0.3 is 7.12 Å². The lowest BCUT2D eigenvalue weighted by Crippen LogP contribution is -2.41. The maximum absolute atomic E-state index is 14.7. The molecule has 2 saturated heterocycles. The van der Waals surface area contributed by atoms with Gasteiger partial charge in [-0.15, -0.1) is 0 Å². The van der Waals surface area contributed by atoms with Gasteiger partial charge in [0.05, 0.1) is 21.9 Å². The lowest BCUT2D eigenvalue weighted by molar-refractivity contribution is 0.00578. The quantitative estimate of drug-likeness (QED) is 0.746. The molecule has 26 heavy (non-hydrogen) atoms. The van der Waals surface area contributed by atoms with E-state index in [2.05, 4.69) is 0 Å². The molecule has 3 rings (SSSR count). The lowest BCUT2D eigenvalue weighted by atomic mass is 9.79. The van der Waals surface area contributed by atoms with Gasteiger partial charge in [-0.2, -0.15) is 0 Å². The van der Waals surface area contributed by atoms with Crippen molar-refractivity contribution in [3.8, 4) is 0 Å². The van der Waals surface area contributed by atoms with Gasteiger partial charge in [-0.25, -0.2) is 12.8 Å². The van der Waals surface area contributed by atoms with Crippen LogP contribution >= 0.6 is 0 Å². The van der Waals surface area contributed by atoms with E-state index in [1.165, 1.54) is 12.1 Å². The molecule has 8 heteroatoms. The second kappa shape index (κ2) is 6.89. The van der Waals surface area contributed by atoms with Crippen LogP contribution in [0.15, 0.2) is 23.1 Å². The number of sulfone groups is 1. The first kappa shape index (κ1) is 19.8. The Bertz CT molecular complexity index is 756. The Hall–Kier alpha value is -0.955. The first-order chi connectivity index (χ1) is 12.0. The van der Waals surface area contributed by atoms with E-state index in [0.717, 1.165) is 6.07 Å². The molecule has 2 heterocycles. The zero-order valence-corrected chi connectivity index (χ0v) is 16.6. The highest BCUT2D eigenvalue weighted by Gasteiger charge is 2.52. The molecule has 2 aliphatic rings. The van der Waals surface area contributed by atoms with Crippen molar-refractivity contribution in [2.45, 2.75) is 56.6 Å². The van der Waals surface area contributed by atoms with E-state index in [1.807, 2.05) is 27.7 Å². The van der Waals surface area contributed by atoms with Crippen LogP contribution in [0.2, 0.25) is 0 Å². The summed E-state index contributed by atoms with van der Waals surface area (Å²) in [6, 6.07) is 3.97. The third kappa shape index (κ3) is 3.83. The average molecular weight is 384 g/mol. The van der Waals surface area contributed by atoms with Gasteiger partial charge in [0.25, 0.3) is 0 Å². The van der Waals surface area contributed by atoms with E-state index in [4.69, 9.17) is 14.0 Å². The summed E-state index contributed by atoms with van der Waals surface area (Å²) in [6.45, 7) is 8.70. The summed E-state index contributed by atoms with van der Waals surface area (Å²) in [4.78, 5) is 0.00163. The van der Waals surface area contributed by atoms with Crippen LogP contribution in [0.4, 0.5) is 4.39 Å². The summed E-state index contributed by atoms with van der Waals surface area (Å²) in [7, 11) is -4.40. The Morgan fingerprint density at radius 2 is 1.69 bits per heavy atom. The van der Waals surface area contributed by atoms with E-state index in [0.29, 0.717) is 26.1 Å². The summed E-state index contributed by atoms with van der Waals surface area (Å²) >= 11 is 0. The van der Waals surface area contributed by atoms with Crippen LogP contribution in [-0.2, 0) is 23.9 Å². The highest BCUT2D eigenvalue weighted by atomic mass is 32.2. The minimum atomic E-state index is -3.55. The molecule has 0 unspecified atom stereocenters. The Morgan fingerprint density at radius 1 is 1.12 bits per heavy atom. The molecule has 0 atom stereocenters. The van der Waals surface area contributed by atoms with Gasteiger partial charge in [-0.3, -0.25) is 0 Å². The molecular weight excluding hydrogens is 358 g/mol. The molecule has 0 amide bonds. The number of hydrogen-bond donors (Lipinski definition) is 0. The minimum Gasteiger partial charge on any atom is -0.399 e. The van der Waals surface area contributed by atoms with Crippen molar-refractivity contribution >= 4 is 22.4 Å². The number of halogens is 1. The van der Waals surface area contributed by atoms with E-state index in [9.17, 15) is 12.8 Å². The molecular formula is C18H26BFO5S. The summed E-state index contributed by atoms with van der Waals surface area (Å²) in [5.41, 5.74) is -0.954. The van der Waals surface area contributed by atoms with Crippen molar-refractivity contribution in [2.24, 2.45) is 5.92 Å². The molecule has 0 N–H and O–H groups in total. The minimum absolute atomic E-state index is 0.00163. The number of hydrogen-bond acceptors (Lipinski definition) is 5. The predicted molar refractivity (Wildman–Crippen MR) is 97.7 cm³/mol.